The first-order valence-corrected chi connectivity index (χ1v) is 3.65. The summed E-state index contributed by atoms with van der Waals surface area (Å²) in [6.45, 7) is 0. The molecule has 0 unspecified atom stereocenters. The molecule has 0 fully saturated rings. The first kappa shape index (κ1) is 12.7. The number of amides is 2. The van der Waals surface area contributed by atoms with E-state index < -0.39 is 20.1 Å². The molecule has 11 heavy (non-hydrogen) atoms. The van der Waals surface area contributed by atoms with Crippen molar-refractivity contribution in [3.05, 3.63) is 0 Å². The number of primary amides is 1. The van der Waals surface area contributed by atoms with Gasteiger partial charge in [-0.25, -0.2) is 0 Å². The van der Waals surface area contributed by atoms with Crippen molar-refractivity contribution in [2.24, 2.45) is 5.73 Å². The Morgan fingerprint density at radius 2 is 1.73 bits per heavy atom. The molecule has 0 rings (SSSR count). The van der Waals surface area contributed by atoms with Crippen LogP contribution in [0.2, 0.25) is 0 Å². The zero-order valence-electron chi connectivity index (χ0n) is 5.70. The number of nitrogens with one attached hydrogen (secondary N) is 1. The number of likely N-dealkylation sites (N-methyl/N-ethyl adjacent to an activating group) is 1. The molecule has 0 saturated carbocycles. The van der Waals surface area contributed by atoms with Gasteiger partial charge < -0.3 is 20.8 Å². The molecular formula is C3H9N2O5P. The zero-order valence-corrected chi connectivity index (χ0v) is 6.70. The number of rotatable bonds is 0. The standard InChI is InChI=1S/C3H6N2O2.H3O3P/c1-5-3(7)2(4)6;1-4(2)3/h1H3,(H2,4,6)(H,5,7);4H,(H2,1,2,3). The fraction of sp³-hybridized carbons (Fsp3) is 0.333. The Balaban J connectivity index is 0. The molecule has 2 amide bonds. The predicted octanol–water partition coefficient (Wildman–Crippen LogP) is -2.42. The normalized spacial score (nSPS) is 8.00. The Hall–Kier alpha value is -0.910. The molecule has 8 heteroatoms. The minimum atomic E-state index is -3.13. The average molecular weight is 184 g/mol. The molecule has 0 aromatic rings. The van der Waals surface area contributed by atoms with E-state index in [4.69, 9.17) is 14.4 Å². The maximum absolute atomic E-state index is 9.93. The number of nitrogens with two attached hydrogens (primary N) is 1. The third kappa shape index (κ3) is 17.6. The maximum Gasteiger partial charge on any atom is 0.314 e. The summed E-state index contributed by atoms with van der Waals surface area (Å²) in [5.41, 5.74) is 4.50. The summed E-state index contributed by atoms with van der Waals surface area (Å²) in [5, 5.41) is 2.05. The van der Waals surface area contributed by atoms with E-state index in [1.807, 2.05) is 0 Å². The van der Waals surface area contributed by atoms with Crippen molar-refractivity contribution in [3.63, 3.8) is 0 Å². The topological polar surface area (TPSA) is 130 Å². The van der Waals surface area contributed by atoms with Crippen LogP contribution in [-0.4, -0.2) is 28.6 Å². The summed E-state index contributed by atoms with van der Waals surface area (Å²) in [6, 6.07) is 0. The summed E-state index contributed by atoms with van der Waals surface area (Å²) in [7, 11) is -1.79. The van der Waals surface area contributed by atoms with Crippen LogP contribution in [0.3, 0.4) is 0 Å². The Labute approximate surface area is 63.2 Å². The van der Waals surface area contributed by atoms with Gasteiger partial charge in [0.2, 0.25) is 0 Å². The molecule has 7 nitrogen and oxygen atoms in total. The second-order valence-electron chi connectivity index (χ2n) is 1.23. The summed E-state index contributed by atoms with van der Waals surface area (Å²) >= 11 is 0. The Bertz CT molecular complexity index is 165. The number of carbonyl (C=O) groups excluding carboxylic acids is 2. The van der Waals surface area contributed by atoms with E-state index in [0.29, 0.717) is 0 Å². The molecule has 5 N–H and O–H groups in total. The van der Waals surface area contributed by atoms with Crippen molar-refractivity contribution < 1.29 is 23.9 Å². The van der Waals surface area contributed by atoms with E-state index in [1.165, 1.54) is 7.05 Å². The van der Waals surface area contributed by atoms with Gasteiger partial charge in [-0.1, -0.05) is 0 Å². The quantitative estimate of drug-likeness (QED) is 0.246. The van der Waals surface area contributed by atoms with Gasteiger partial charge in [-0.15, -0.1) is 0 Å². The van der Waals surface area contributed by atoms with Gasteiger partial charge in [-0.3, -0.25) is 14.2 Å². The van der Waals surface area contributed by atoms with Crippen LogP contribution in [-0.2, 0) is 14.2 Å². The first-order valence-electron chi connectivity index (χ1n) is 2.35. The lowest BCUT2D eigenvalue weighted by atomic mass is 10.6. The van der Waals surface area contributed by atoms with Crippen molar-refractivity contribution in [2.75, 3.05) is 7.05 Å². The van der Waals surface area contributed by atoms with Crippen LogP contribution in [0.1, 0.15) is 0 Å². The third-order valence-electron chi connectivity index (χ3n) is 0.451. The highest BCUT2D eigenvalue weighted by Crippen LogP contribution is 1.98. The summed E-state index contributed by atoms with van der Waals surface area (Å²) in [6.07, 6.45) is 0. The van der Waals surface area contributed by atoms with E-state index >= 15 is 0 Å². The van der Waals surface area contributed by atoms with Gasteiger partial charge in [-0.05, 0) is 0 Å². The summed E-state index contributed by atoms with van der Waals surface area (Å²) < 4.78 is 8.74. The fourth-order valence-corrected chi connectivity index (χ4v) is 0.123. The maximum atomic E-state index is 9.93. The van der Waals surface area contributed by atoms with E-state index in [9.17, 15) is 9.59 Å². The van der Waals surface area contributed by atoms with Gasteiger partial charge in [0.15, 0.2) is 0 Å². The third-order valence-corrected chi connectivity index (χ3v) is 0.451. The molecule has 0 aromatic carbocycles. The Morgan fingerprint density at radius 3 is 1.73 bits per heavy atom. The molecule has 0 saturated heterocycles. The van der Waals surface area contributed by atoms with Crippen molar-refractivity contribution in [2.45, 2.75) is 0 Å². The lowest BCUT2D eigenvalue weighted by Gasteiger charge is -1.86. The molecule has 0 heterocycles. The Kier molecular flexibility index (Phi) is 8.34. The van der Waals surface area contributed by atoms with Gasteiger partial charge >= 0.3 is 20.1 Å². The fourth-order valence-electron chi connectivity index (χ4n) is 0.123. The van der Waals surface area contributed by atoms with Gasteiger partial charge in [-0.2, -0.15) is 0 Å². The second kappa shape index (κ2) is 7.20. The monoisotopic (exact) mass is 184 g/mol. The van der Waals surface area contributed by atoms with Crippen LogP contribution in [0, 0.1) is 0 Å². The van der Waals surface area contributed by atoms with Crippen LogP contribution in [0.4, 0.5) is 0 Å². The van der Waals surface area contributed by atoms with Crippen molar-refractivity contribution in [3.8, 4) is 0 Å². The van der Waals surface area contributed by atoms with E-state index in [2.05, 4.69) is 11.1 Å². The van der Waals surface area contributed by atoms with Crippen LogP contribution < -0.4 is 11.1 Å². The average Bonchev–Trinajstić information content (AvgIpc) is 1.85. The van der Waals surface area contributed by atoms with Crippen LogP contribution in [0.25, 0.3) is 0 Å². The highest BCUT2D eigenvalue weighted by molar-refractivity contribution is 7.30. The highest BCUT2D eigenvalue weighted by Gasteiger charge is 2.01. The molecule has 0 radical (unpaired) electrons. The van der Waals surface area contributed by atoms with E-state index in [1.54, 1.807) is 0 Å². The SMILES string of the molecule is CNC(=O)C(N)=O.O=[PH](O)O. The molecule has 0 atom stereocenters. The minimum Gasteiger partial charge on any atom is -0.361 e. The smallest absolute Gasteiger partial charge is 0.314 e. The van der Waals surface area contributed by atoms with E-state index in [-0.39, 0.29) is 0 Å². The van der Waals surface area contributed by atoms with Crippen LogP contribution in [0.5, 0.6) is 0 Å². The lowest BCUT2D eigenvalue weighted by Crippen LogP contribution is -2.33. The van der Waals surface area contributed by atoms with Crippen molar-refractivity contribution >= 4 is 20.1 Å². The first-order chi connectivity index (χ1) is 4.91. The zero-order chi connectivity index (χ0) is 9.44. The van der Waals surface area contributed by atoms with Crippen molar-refractivity contribution in [1.82, 2.24) is 5.32 Å². The molecule has 0 spiro atoms. The molecule has 66 valence electrons. The summed E-state index contributed by atoms with van der Waals surface area (Å²) in [4.78, 5) is 34.0. The number of carbonyl (C=O) groups is 2. The molecular weight excluding hydrogens is 175 g/mol. The molecule has 0 aromatic heterocycles. The van der Waals surface area contributed by atoms with Gasteiger partial charge in [0.25, 0.3) is 0 Å². The lowest BCUT2D eigenvalue weighted by molar-refractivity contribution is -0.136. The van der Waals surface area contributed by atoms with E-state index in [0.717, 1.165) is 0 Å². The van der Waals surface area contributed by atoms with Crippen molar-refractivity contribution in [1.29, 1.82) is 0 Å². The predicted molar refractivity (Wildman–Crippen MR) is 36.7 cm³/mol. The molecule has 0 aliphatic rings. The van der Waals surface area contributed by atoms with Gasteiger partial charge in [0.1, 0.15) is 0 Å². The van der Waals surface area contributed by atoms with Gasteiger partial charge in [0, 0.05) is 7.05 Å². The van der Waals surface area contributed by atoms with Crippen LogP contribution in [0.15, 0.2) is 0 Å². The highest BCUT2D eigenvalue weighted by atomic mass is 31.1. The number of hydrogen-bond donors (Lipinski definition) is 4. The molecule has 0 aliphatic carbocycles. The molecule has 0 aliphatic heterocycles. The Morgan fingerprint density at radius 1 is 1.45 bits per heavy atom. The molecule has 0 bridgehead atoms. The summed E-state index contributed by atoms with van der Waals surface area (Å²) in [5.74, 6) is -1.72. The largest absolute Gasteiger partial charge is 0.361 e. The van der Waals surface area contributed by atoms with Gasteiger partial charge in [0.05, 0.1) is 0 Å². The second-order valence-corrected chi connectivity index (χ2v) is 1.79. The minimum absolute atomic E-state index is 0.764. The number of hydrogen-bond acceptors (Lipinski definition) is 3. The van der Waals surface area contributed by atoms with Crippen LogP contribution >= 0.6 is 8.25 Å².